The normalized spacial score (nSPS) is 12.2. The van der Waals surface area contributed by atoms with Crippen molar-refractivity contribution in [3.63, 3.8) is 0 Å². The van der Waals surface area contributed by atoms with Crippen molar-refractivity contribution >= 4 is 0 Å². The standard InChI is InChI=1S/C15H19N3O/c1-11(16)8-14-15(6-5-12(2)18-14)19-10-13-4-3-7-17-9-13/h3-7,9,11H,8,10,16H2,1-2H3. The Kier molecular flexibility index (Phi) is 4.47. The van der Waals surface area contributed by atoms with Crippen molar-refractivity contribution in [3.05, 3.63) is 53.6 Å². The van der Waals surface area contributed by atoms with Crippen molar-refractivity contribution in [2.45, 2.75) is 32.9 Å². The zero-order chi connectivity index (χ0) is 13.7. The summed E-state index contributed by atoms with van der Waals surface area (Å²) >= 11 is 0. The van der Waals surface area contributed by atoms with Crippen LogP contribution in [-0.2, 0) is 13.0 Å². The van der Waals surface area contributed by atoms with Crippen LogP contribution in [-0.4, -0.2) is 16.0 Å². The van der Waals surface area contributed by atoms with Crippen molar-refractivity contribution in [1.82, 2.24) is 9.97 Å². The van der Waals surface area contributed by atoms with Gasteiger partial charge in [0.05, 0.1) is 5.69 Å². The third-order valence-electron chi connectivity index (χ3n) is 2.70. The molecule has 0 amide bonds. The molecule has 0 aliphatic rings. The van der Waals surface area contributed by atoms with E-state index < -0.39 is 0 Å². The average Bonchev–Trinajstić information content (AvgIpc) is 2.38. The van der Waals surface area contributed by atoms with E-state index in [0.29, 0.717) is 13.0 Å². The zero-order valence-corrected chi connectivity index (χ0v) is 11.3. The van der Waals surface area contributed by atoms with E-state index in [2.05, 4.69) is 9.97 Å². The highest BCUT2D eigenvalue weighted by Gasteiger charge is 2.08. The van der Waals surface area contributed by atoms with Crippen molar-refractivity contribution in [3.8, 4) is 5.75 Å². The lowest BCUT2D eigenvalue weighted by molar-refractivity contribution is 0.300. The summed E-state index contributed by atoms with van der Waals surface area (Å²) in [5, 5.41) is 0. The zero-order valence-electron chi connectivity index (χ0n) is 11.3. The lowest BCUT2D eigenvalue weighted by Gasteiger charge is -2.13. The van der Waals surface area contributed by atoms with Gasteiger partial charge in [0.15, 0.2) is 0 Å². The third-order valence-corrected chi connectivity index (χ3v) is 2.70. The molecule has 1 unspecified atom stereocenters. The average molecular weight is 257 g/mol. The molecule has 2 N–H and O–H groups in total. The second-order valence-corrected chi connectivity index (χ2v) is 4.73. The number of nitrogens with two attached hydrogens (primary N) is 1. The summed E-state index contributed by atoms with van der Waals surface area (Å²) in [7, 11) is 0. The van der Waals surface area contributed by atoms with Gasteiger partial charge in [-0.05, 0) is 32.0 Å². The summed E-state index contributed by atoms with van der Waals surface area (Å²) in [5.74, 6) is 0.798. The lowest BCUT2D eigenvalue weighted by atomic mass is 10.1. The number of nitrogens with zero attached hydrogens (tertiary/aromatic N) is 2. The summed E-state index contributed by atoms with van der Waals surface area (Å²) in [4.78, 5) is 8.57. The molecule has 4 heteroatoms. The quantitative estimate of drug-likeness (QED) is 0.892. The predicted octanol–water partition coefficient (Wildman–Crippen LogP) is 2.25. The Bertz CT molecular complexity index is 526. The van der Waals surface area contributed by atoms with Gasteiger partial charge in [-0.3, -0.25) is 9.97 Å². The Morgan fingerprint density at radius 2 is 2.16 bits per heavy atom. The number of ether oxygens (including phenoxy) is 1. The number of pyridine rings is 2. The van der Waals surface area contributed by atoms with Gasteiger partial charge in [0.1, 0.15) is 12.4 Å². The molecule has 0 bridgehead atoms. The van der Waals surface area contributed by atoms with Crippen LogP contribution in [0.3, 0.4) is 0 Å². The number of hydrogen-bond acceptors (Lipinski definition) is 4. The molecule has 2 rings (SSSR count). The Balaban J connectivity index is 2.11. The molecule has 0 aromatic carbocycles. The van der Waals surface area contributed by atoms with Crippen LogP contribution in [0.5, 0.6) is 5.75 Å². The fourth-order valence-corrected chi connectivity index (χ4v) is 1.82. The van der Waals surface area contributed by atoms with Gasteiger partial charge in [0, 0.05) is 36.1 Å². The summed E-state index contributed by atoms with van der Waals surface area (Å²) < 4.78 is 5.82. The van der Waals surface area contributed by atoms with Crippen LogP contribution >= 0.6 is 0 Å². The first-order chi connectivity index (χ1) is 9.15. The highest BCUT2D eigenvalue weighted by atomic mass is 16.5. The lowest BCUT2D eigenvalue weighted by Crippen LogP contribution is -2.19. The van der Waals surface area contributed by atoms with Crippen LogP contribution in [0, 0.1) is 6.92 Å². The maximum absolute atomic E-state index is 5.85. The number of hydrogen-bond donors (Lipinski definition) is 1. The third kappa shape index (κ3) is 4.03. The van der Waals surface area contributed by atoms with Crippen molar-refractivity contribution in [2.24, 2.45) is 5.73 Å². The number of aromatic nitrogens is 2. The van der Waals surface area contributed by atoms with E-state index in [-0.39, 0.29) is 6.04 Å². The highest BCUT2D eigenvalue weighted by molar-refractivity contribution is 5.30. The molecule has 1 atom stereocenters. The fourth-order valence-electron chi connectivity index (χ4n) is 1.82. The van der Waals surface area contributed by atoms with Crippen molar-refractivity contribution in [2.75, 3.05) is 0 Å². The fraction of sp³-hybridized carbons (Fsp3) is 0.333. The van der Waals surface area contributed by atoms with E-state index in [0.717, 1.165) is 22.7 Å². The molecule has 4 nitrogen and oxygen atoms in total. The van der Waals surface area contributed by atoms with Crippen LogP contribution in [0.15, 0.2) is 36.7 Å². The van der Waals surface area contributed by atoms with Gasteiger partial charge in [-0.25, -0.2) is 0 Å². The van der Waals surface area contributed by atoms with Gasteiger partial charge in [-0.15, -0.1) is 0 Å². The Morgan fingerprint density at radius 3 is 2.84 bits per heavy atom. The first kappa shape index (κ1) is 13.5. The minimum atomic E-state index is 0.0649. The van der Waals surface area contributed by atoms with E-state index in [9.17, 15) is 0 Å². The Labute approximate surface area is 113 Å². The SMILES string of the molecule is Cc1ccc(OCc2cccnc2)c(CC(C)N)n1. The number of rotatable bonds is 5. The monoisotopic (exact) mass is 257 g/mol. The summed E-state index contributed by atoms with van der Waals surface area (Å²) in [6, 6.07) is 7.85. The number of aryl methyl sites for hydroxylation is 1. The molecular formula is C15H19N3O. The van der Waals surface area contributed by atoms with Gasteiger partial charge >= 0.3 is 0 Å². The van der Waals surface area contributed by atoms with Crippen LogP contribution < -0.4 is 10.5 Å². The van der Waals surface area contributed by atoms with E-state index in [4.69, 9.17) is 10.5 Å². The molecule has 0 aliphatic carbocycles. The van der Waals surface area contributed by atoms with Crippen molar-refractivity contribution < 1.29 is 4.74 Å². The predicted molar refractivity (Wildman–Crippen MR) is 74.9 cm³/mol. The van der Waals surface area contributed by atoms with Crippen LogP contribution in [0.25, 0.3) is 0 Å². The van der Waals surface area contributed by atoms with E-state index in [1.54, 1.807) is 12.4 Å². The van der Waals surface area contributed by atoms with Crippen LogP contribution in [0.1, 0.15) is 23.9 Å². The van der Waals surface area contributed by atoms with Crippen LogP contribution in [0.2, 0.25) is 0 Å². The first-order valence-corrected chi connectivity index (χ1v) is 6.39. The summed E-state index contributed by atoms with van der Waals surface area (Å²) in [6.45, 7) is 4.43. The van der Waals surface area contributed by atoms with E-state index in [1.165, 1.54) is 0 Å². The van der Waals surface area contributed by atoms with Gasteiger partial charge in [-0.1, -0.05) is 6.07 Å². The van der Waals surface area contributed by atoms with Crippen molar-refractivity contribution in [1.29, 1.82) is 0 Å². The topological polar surface area (TPSA) is 61.0 Å². The summed E-state index contributed by atoms with van der Waals surface area (Å²) in [6.07, 6.45) is 4.26. The first-order valence-electron chi connectivity index (χ1n) is 6.39. The highest BCUT2D eigenvalue weighted by Crippen LogP contribution is 2.19. The Morgan fingerprint density at radius 1 is 1.32 bits per heavy atom. The van der Waals surface area contributed by atoms with E-state index >= 15 is 0 Å². The molecule has 0 fully saturated rings. The molecule has 0 saturated heterocycles. The molecule has 0 saturated carbocycles. The molecule has 2 heterocycles. The molecule has 0 spiro atoms. The van der Waals surface area contributed by atoms with Crippen LogP contribution in [0.4, 0.5) is 0 Å². The minimum Gasteiger partial charge on any atom is -0.487 e. The summed E-state index contributed by atoms with van der Waals surface area (Å²) in [5.41, 5.74) is 8.77. The van der Waals surface area contributed by atoms with Gasteiger partial charge in [0.2, 0.25) is 0 Å². The molecule has 2 aromatic heterocycles. The Hall–Kier alpha value is -1.94. The maximum atomic E-state index is 5.85. The molecule has 0 aliphatic heterocycles. The van der Waals surface area contributed by atoms with Gasteiger partial charge in [-0.2, -0.15) is 0 Å². The minimum absolute atomic E-state index is 0.0649. The molecule has 2 aromatic rings. The van der Waals surface area contributed by atoms with E-state index in [1.807, 2.05) is 38.1 Å². The largest absolute Gasteiger partial charge is 0.487 e. The molecule has 19 heavy (non-hydrogen) atoms. The maximum Gasteiger partial charge on any atom is 0.141 e. The second kappa shape index (κ2) is 6.29. The smallest absolute Gasteiger partial charge is 0.141 e. The second-order valence-electron chi connectivity index (χ2n) is 4.73. The van der Waals surface area contributed by atoms with Gasteiger partial charge in [0.25, 0.3) is 0 Å². The molecular weight excluding hydrogens is 238 g/mol. The molecule has 0 radical (unpaired) electrons. The molecule has 100 valence electrons. The van der Waals surface area contributed by atoms with Gasteiger partial charge < -0.3 is 10.5 Å².